The number of rotatable bonds is 14. The summed E-state index contributed by atoms with van der Waals surface area (Å²) in [5.41, 5.74) is 5.42. The minimum atomic E-state index is -1.22. The van der Waals surface area contributed by atoms with Crippen LogP contribution >= 0.6 is 0 Å². The molecule has 0 saturated heterocycles. The molecule has 1 aromatic heterocycles. The Morgan fingerprint density at radius 3 is 2.24 bits per heavy atom. The van der Waals surface area contributed by atoms with Crippen LogP contribution in [0.1, 0.15) is 63.6 Å². The summed E-state index contributed by atoms with van der Waals surface area (Å²) in [7, 11) is -1.22. The fraction of sp³-hybridized carbons (Fsp3) is 0.405. The number of fused-ring (bicyclic) bond motifs is 1. The highest BCUT2D eigenvalue weighted by molar-refractivity contribution is 6.76. The van der Waals surface area contributed by atoms with Crippen molar-refractivity contribution in [1.82, 2.24) is 9.78 Å². The van der Waals surface area contributed by atoms with Gasteiger partial charge in [0.2, 0.25) is 5.95 Å². The van der Waals surface area contributed by atoms with Crippen LogP contribution in [-0.2, 0) is 21.0 Å². The minimum absolute atomic E-state index is 0.219. The summed E-state index contributed by atoms with van der Waals surface area (Å²) in [6, 6.07) is 25.1. The number of aromatic nitrogens is 2. The number of benzene rings is 3. The van der Waals surface area contributed by atoms with Gasteiger partial charge in [-0.3, -0.25) is 4.79 Å². The highest BCUT2D eigenvalue weighted by atomic mass is 28.3. The highest BCUT2D eigenvalue weighted by Gasteiger charge is 2.19. The number of halogens is 1. The van der Waals surface area contributed by atoms with E-state index >= 15 is 4.39 Å². The standard InChI is InChI=1S/C37H47FN2O4Si/c1-8-31(27-13-10-9-11-14-27)35(28-16-19-30(20-17-28)43-22-12-15-34(41)44-37(2,3)4)29-18-21-33-32(25-29)36(38)39-40(33)26-42-23-24-45(5,6)7/h9-11,13-14,16-21,25H,8,12,15,22-24,26H2,1-7H3/b35-31+. The van der Waals surface area contributed by atoms with E-state index in [1.807, 2.05) is 81.4 Å². The van der Waals surface area contributed by atoms with Gasteiger partial charge in [-0.05, 0) is 91.8 Å². The normalized spacial score (nSPS) is 12.7. The molecule has 3 aromatic carbocycles. The SMILES string of the molecule is CC/C(=C(/c1ccc(OCCCC(=O)OC(C)(C)C)cc1)c1ccc2c(c1)c(F)nn2COCC[Si](C)(C)C)c1ccccc1. The summed E-state index contributed by atoms with van der Waals surface area (Å²) in [4.78, 5) is 12.0. The first-order valence-electron chi connectivity index (χ1n) is 15.8. The molecule has 45 heavy (non-hydrogen) atoms. The lowest BCUT2D eigenvalue weighted by Crippen LogP contribution is -2.23. The molecular weight excluding hydrogens is 584 g/mol. The monoisotopic (exact) mass is 630 g/mol. The van der Waals surface area contributed by atoms with E-state index in [-0.39, 0.29) is 12.7 Å². The fourth-order valence-electron chi connectivity index (χ4n) is 5.12. The molecule has 0 amide bonds. The molecule has 0 saturated carbocycles. The maximum atomic E-state index is 15.2. The topological polar surface area (TPSA) is 62.6 Å². The number of nitrogens with zero attached hydrogens (tertiary/aromatic N) is 2. The number of hydrogen-bond acceptors (Lipinski definition) is 5. The van der Waals surface area contributed by atoms with E-state index in [1.54, 1.807) is 4.68 Å². The average Bonchev–Trinajstić information content (AvgIpc) is 3.30. The Morgan fingerprint density at radius 2 is 1.60 bits per heavy atom. The quantitative estimate of drug-likeness (QED) is 0.0601. The number of hydrogen-bond donors (Lipinski definition) is 0. The van der Waals surface area contributed by atoms with Gasteiger partial charge in [-0.15, -0.1) is 5.10 Å². The molecule has 4 aromatic rings. The lowest BCUT2D eigenvalue weighted by Gasteiger charge is -2.19. The van der Waals surface area contributed by atoms with Gasteiger partial charge in [0.25, 0.3) is 0 Å². The third-order valence-electron chi connectivity index (χ3n) is 7.34. The molecule has 0 unspecified atom stereocenters. The number of carbonyl (C=O) groups excluding carboxylic acids is 1. The fourth-order valence-corrected chi connectivity index (χ4v) is 5.88. The zero-order valence-corrected chi connectivity index (χ0v) is 28.8. The van der Waals surface area contributed by atoms with Crippen molar-refractivity contribution in [3.05, 3.63) is 95.4 Å². The van der Waals surface area contributed by atoms with Crippen molar-refractivity contribution in [1.29, 1.82) is 0 Å². The Labute approximate surface area is 268 Å². The van der Waals surface area contributed by atoms with Gasteiger partial charge in [-0.2, -0.15) is 4.39 Å². The molecule has 0 atom stereocenters. The summed E-state index contributed by atoms with van der Waals surface area (Å²) in [6.07, 6.45) is 1.66. The van der Waals surface area contributed by atoms with Gasteiger partial charge >= 0.3 is 5.97 Å². The van der Waals surface area contributed by atoms with Gasteiger partial charge in [-0.1, -0.05) is 75.1 Å². The maximum absolute atomic E-state index is 15.2. The third-order valence-corrected chi connectivity index (χ3v) is 9.04. The molecule has 0 spiro atoms. The molecule has 0 fully saturated rings. The Bertz CT molecular complexity index is 1600. The summed E-state index contributed by atoms with van der Waals surface area (Å²) in [5.74, 6) is -0.0115. The number of allylic oxidation sites excluding steroid dienone is 1. The summed E-state index contributed by atoms with van der Waals surface area (Å²) < 4.78 is 34.0. The molecule has 0 bridgehead atoms. The molecule has 0 aliphatic carbocycles. The molecule has 6 nitrogen and oxygen atoms in total. The predicted molar refractivity (Wildman–Crippen MR) is 183 cm³/mol. The molecule has 8 heteroatoms. The molecule has 0 aliphatic heterocycles. The second kappa shape index (κ2) is 15.0. The Kier molecular flexibility index (Phi) is 11.4. The van der Waals surface area contributed by atoms with Crippen molar-refractivity contribution < 1.29 is 23.4 Å². The van der Waals surface area contributed by atoms with Crippen molar-refractivity contribution in [2.45, 2.75) is 85.0 Å². The van der Waals surface area contributed by atoms with Gasteiger partial charge in [0, 0.05) is 21.1 Å². The highest BCUT2D eigenvalue weighted by Crippen LogP contribution is 2.36. The van der Waals surface area contributed by atoms with E-state index in [0.29, 0.717) is 37.0 Å². The first-order valence-corrected chi connectivity index (χ1v) is 19.5. The van der Waals surface area contributed by atoms with Crippen LogP contribution in [0.4, 0.5) is 4.39 Å². The second-order valence-corrected chi connectivity index (χ2v) is 19.1. The van der Waals surface area contributed by atoms with Crippen LogP contribution in [0.3, 0.4) is 0 Å². The third kappa shape index (κ3) is 9.87. The molecule has 0 N–H and O–H groups in total. The van der Waals surface area contributed by atoms with Gasteiger partial charge in [0.15, 0.2) is 0 Å². The van der Waals surface area contributed by atoms with Crippen molar-refractivity contribution in [3.8, 4) is 5.75 Å². The lowest BCUT2D eigenvalue weighted by atomic mass is 9.88. The Hall–Kier alpha value is -3.75. The minimum Gasteiger partial charge on any atom is -0.494 e. The number of carbonyl (C=O) groups is 1. The zero-order valence-electron chi connectivity index (χ0n) is 27.8. The first kappa shape index (κ1) is 34.1. The predicted octanol–water partition coefficient (Wildman–Crippen LogP) is 9.36. The molecular formula is C37H47FN2O4Si. The van der Waals surface area contributed by atoms with Crippen LogP contribution in [0.15, 0.2) is 72.8 Å². The summed E-state index contributed by atoms with van der Waals surface area (Å²) in [5, 5.41) is 4.64. The van der Waals surface area contributed by atoms with Crippen LogP contribution in [0.5, 0.6) is 5.75 Å². The van der Waals surface area contributed by atoms with Crippen molar-refractivity contribution in [3.63, 3.8) is 0 Å². The van der Waals surface area contributed by atoms with Crippen LogP contribution in [0.25, 0.3) is 22.0 Å². The number of ether oxygens (including phenoxy) is 3. The molecule has 240 valence electrons. The first-order chi connectivity index (χ1) is 21.3. The van der Waals surface area contributed by atoms with Crippen LogP contribution in [0, 0.1) is 5.95 Å². The lowest BCUT2D eigenvalue weighted by molar-refractivity contribution is -0.155. The van der Waals surface area contributed by atoms with Crippen LogP contribution in [-0.4, -0.2) is 42.6 Å². The van der Waals surface area contributed by atoms with Crippen LogP contribution in [0.2, 0.25) is 25.7 Å². The van der Waals surface area contributed by atoms with Crippen molar-refractivity contribution in [2.75, 3.05) is 13.2 Å². The Balaban J connectivity index is 1.59. The average molecular weight is 631 g/mol. The van der Waals surface area contributed by atoms with E-state index in [1.165, 1.54) is 0 Å². The number of esters is 1. The van der Waals surface area contributed by atoms with Gasteiger partial charge in [-0.25, -0.2) is 4.68 Å². The molecule has 4 rings (SSSR count). The van der Waals surface area contributed by atoms with E-state index in [4.69, 9.17) is 14.2 Å². The Morgan fingerprint density at radius 1 is 0.911 bits per heavy atom. The molecule has 0 radical (unpaired) electrons. The van der Waals surface area contributed by atoms with Crippen molar-refractivity contribution in [2.24, 2.45) is 0 Å². The van der Waals surface area contributed by atoms with E-state index in [0.717, 1.165) is 46.1 Å². The van der Waals surface area contributed by atoms with Crippen LogP contribution < -0.4 is 4.74 Å². The molecule has 1 heterocycles. The van der Waals surface area contributed by atoms with Crippen molar-refractivity contribution >= 4 is 36.1 Å². The van der Waals surface area contributed by atoms with Gasteiger partial charge in [0.05, 0.1) is 17.5 Å². The largest absolute Gasteiger partial charge is 0.494 e. The van der Waals surface area contributed by atoms with E-state index < -0.39 is 19.6 Å². The van der Waals surface area contributed by atoms with Gasteiger partial charge < -0.3 is 14.2 Å². The zero-order chi connectivity index (χ0) is 32.6. The maximum Gasteiger partial charge on any atom is 0.306 e. The van der Waals surface area contributed by atoms with Gasteiger partial charge in [0.1, 0.15) is 18.1 Å². The smallest absolute Gasteiger partial charge is 0.306 e. The second-order valence-electron chi connectivity index (χ2n) is 13.5. The van der Waals surface area contributed by atoms with E-state index in [2.05, 4.69) is 43.8 Å². The summed E-state index contributed by atoms with van der Waals surface area (Å²) >= 11 is 0. The molecule has 0 aliphatic rings. The van der Waals surface area contributed by atoms with E-state index in [9.17, 15) is 4.79 Å². The summed E-state index contributed by atoms with van der Waals surface area (Å²) in [6.45, 7) is 15.9.